The lowest BCUT2D eigenvalue weighted by atomic mass is 10.1. The van der Waals surface area contributed by atoms with E-state index < -0.39 is 0 Å². The lowest BCUT2D eigenvalue weighted by Gasteiger charge is -2.03. The van der Waals surface area contributed by atoms with Crippen LogP contribution < -0.4 is 5.32 Å². The number of rotatable bonds is 7. The van der Waals surface area contributed by atoms with Gasteiger partial charge in [-0.25, -0.2) is 4.39 Å². The number of aryl methyl sites for hydroxylation is 2. The van der Waals surface area contributed by atoms with Gasteiger partial charge in [0.05, 0.1) is 5.69 Å². The minimum Gasteiger partial charge on any atom is -0.351 e. The molecular weight excluding hydrogens is 319 g/mol. The minimum atomic E-state index is -0.291. The zero-order chi connectivity index (χ0) is 17.5. The molecule has 1 amide bonds. The first-order valence-electron chi connectivity index (χ1n) is 8.23. The molecule has 25 heavy (non-hydrogen) atoms. The molecule has 0 saturated heterocycles. The summed E-state index contributed by atoms with van der Waals surface area (Å²) in [6.45, 7) is 0.449. The fourth-order valence-corrected chi connectivity index (χ4v) is 2.51. The molecule has 0 aliphatic heterocycles. The molecule has 2 aromatic carbocycles. The molecule has 3 rings (SSSR count). The molecule has 0 aliphatic rings. The second-order valence-corrected chi connectivity index (χ2v) is 5.80. The van der Waals surface area contributed by atoms with Gasteiger partial charge in [-0.1, -0.05) is 47.6 Å². The molecule has 0 bridgehead atoms. The lowest BCUT2D eigenvalue weighted by molar-refractivity contribution is 0.0917. The normalized spacial score (nSPS) is 10.6. The number of benzene rings is 2. The third-order valence-electron chi connectivity index (χ3n) is 3.91. The highest BCUT2D eigenvalue weighted by Gasteiger charge is 2.12. The van der Waals surface area contributed by atoms with E-state index in [1.54, 1.807) is 18.2 Å². The Morgan fingerprint density at radius 1 is 0.960 bits per heavy atom. The smallest absolute Gasteiger partial charge is 0.289 e. The maximum absolute atomic E-state index is 12.8. The van der Waals surface area contributed by atoms with Crippen molar-refractivity contribution < 1.29 is 13.7 Å². The second kappa shape index (κ2) is 8.24. The fourth-order valence-electron chi connectivity index (χ4n) is 2.51. The molecule has 4 nitrogen and oxygen atoms in total. The van der Waals surface area contributed by atoms with Crippen LogP contribution in [0.25, 0.3) is 0 Å². The van der Waals surface area contributed by atoms with Gasteiger partial charge in [-0.15, -0.1) is 0 Å². The monoisotopic (exact) mass is 338 g/mol. The van der Waals surface area contributed by atoms with Crippen LogP contribution in [0.5, 0.6) is 0 Å². The molecule has 1 heterocycles. The summed E-state index contributed by atoms with van der Waals surface area (Å²) in [4.78, 5) is 12.1. The Labute approximate surface area is 145 Å². The van der Waals surface area contributed by atoms with Gasteiger partial charge in [0, 0.05) is 12.6 Å². The van der Waals surface area contributed by atoms with Crippen LogP contribution in [0.4, 0.5) is 4.39 Å². The van der Waals surface area contributed by atoms with Crippen LogP contribution in [0.1, 0.15) is 27.4 Å². The Balaban J connectivity index is 1.46. The Kier molecular flexibility index (Phi) is 5.57. The van der Waals surface area contributed by atoms with E-state index in [0.717, 1.165) is 24.1 Å². The van der Waals surface area contributed by atoms with Crippen molar-refractivity contribution in [3.63, 3.8) is 0 Å². The number of aromatic nitrogens is 1. The van der Waals surface area contributed by atoms with Crippen molar-refractivity contribution >= 4 is 5.91 Å². The predicted molar refractivity (Wildman–Crippen MR) is 92.8 cm³/mol. The first-order valence-corrected chi connectivity index (χ1v) is 8.23. The zero-order valence-electron chi connectivity index (χ0n) is 13.7. The molecule has 0 saturated carbocycles. The number of carbonyl (C=O) groups is 1. The Hall–Kier alpha value is -2.95. The van der Waals surface area contributed by atoms with Crippen LogP contribution in [-0.4, -0.2) is 17.6 Å². The molecule has 128 valence electrons. The molecule has 0 unspecified atom stereocenters. The summed E-state index contributed by atoms with van der Waals surface area (Å²) in [6, 6.07) is 18.0. The number of carbonyl (C=O) groups excluding carboxylic acids is 1. The first kappa shape index (κ1) is 16.9. The molecule has 0 radical (unpaired) electrons. The Morgan fingerprint density at radius 2 is 1.68 bits per heavy atom. The van der Waals surface area contributed by atoms with Gasteiger partial charge in [-0.05, 0) is 42.5 Å². The van der Waals surface area contributed by atoms with Crippen LogP contribution in [0, 0.1) is 5.82 Å². The predicted octanol–water partition coefficient (Wildman–Crippen LogP) is 3.57. The molecule has 3 aromatic rings. The van der Waals surface area contributed by atoms with E-state index in [9.17, 15) is 9.18 Å². The zero-order valence-corrected chi connectivity index (χ0v) is 13.7. The van der Waals surface area contributed by atoms with E-state index in [0.29, 0.717) is 13.0 Å². The van der Waals surface area contributed by atoms with Crippen LogP contribution in [0.15, 0.2) is 65.2 Å². The average Bonchev–Trinajstić information content (AvgIpc) is 3.12. The van der Waals surface area contributed by atoms with Crippen molar-refractivity contribution in [3.8, 4) is 0 Å². The summed E-state index contributed by atoms with van der Waals surface area (Å²) in [5.41, 5.74) is 2.94. The number of hydrogen-bond donors (Lipinski definition) is 1. The van der Waals surface area contributed by atoms with Crippen LogP contribution in [0.2, 0.25) is 0 Å². The van der Waals surface area contributed by atoms with Gasteiger partial charge in [0.2, 0.25) is 5.76 Å². The maximum atomic E-state index is 12.8. The van der Waals surface area contributed by atoms with Gasteiger partial charge >= 0.3 is 0 Å². The highest BCUT2D eigenvalue weighted by molar-refractivity contribution is 5.91. The fraction of sp³-hybridized carbons (Fsp3) is 0.200. The van der Waals surface area contributed by atoms with Gasteiger partial charge < -0.3 is 9.84 Å². The molecule has 0 aliphatic carbocycles. The van der Waals surface area contributed by atoms with Gasteiger partial charge in [0.15, 0.2) is 0 Å². The number of nitrogens with zero attached hydrogens (tertiary/aromatic N) is 1. The third-order valence-corrected chi connectivity index (χ3v) is 3.91. The van der Waals surface area contributed by atoms with E-state index in [2.05, 4.69) is 22.6 Å². The van der Waals surface area contributed by atoms with Crippen molar-refractivity contribution in [1.29, 1.82) is 0 Å². The van der Waals surface area contributed by atoms with Crippen molar-refractivity contribution in [2.24, 2.45) is 0 Å². The van der Waals surface area contributed by atoms with Gasteiger partial charge in [0.25, 0.3) is 5.91 Å². The van der Waals surface area contributed by atoms with E-state index in [1.807, 2.05) is 18.2 Å². The summed E-state index contributed by atoms with van der Waals surface area (Å²) in [5.74, 6) is -0.347. The van der Waals surface area contributed by atoms with Crippen molar-refractivity contribution in [2.45, 2.75) is 19.3 Å². The molecule has 1 N–H and O–H groups in total. The highest BCUT2D eigenvalue weighted by Crippen LogP contribution is 2.09. The van der Waals surface area contributed by atoms with Crippen LogP contribution >= 0.6 is 0 Å². The summed E-state index contributed by atoms with van der Waals surface area (Å²) in [7, 11) is 0. The van der Waals surface area contributed by atoms with Crippen molar-refractivity contribution in [3.05, 3.63) is 89.1 Å². The highest BCUT2D eigenvalue weighted by atomic mass is 19.1. The topological polar surface area (TPSA) is 55.1 Å². The van der Waals surface area contributed by atoms with E-state index >= 15 is 0 Å². The number of amides is 1. The summed E-state index contributed by atoms with van der Waals surface area (Å²) >= 11 is 0. The molecule has 0 fully saturated rings. The second-order valence-electron chi connectivity index (χ2n) is 5.80. The van der Waals surface area contributed by atoms with Crippen LogP contribution in [0.3, 0.4) is 0 Å². The van der Waals surface area contributed by atoms with E-state index in [4.69, 9.17) is 4.52 Å². The van der Waals surface area contributed by atoms with Gasteiger partial charge in [-0.2, -0.15) is 0 Å². The first-order chi connectivity index (χ1) is 12.2. The molecular formula is C20H19FN2O2. The largest absolute Gasteiger partial charge is 0.351 e. The molecule has 5 heteroatoms. The molecule has 1 aromatic heterocycles. The summed E-state index contributed by atoms with van der Waals surface area (Å²) < 4.78 is 18.0. The number of hydrogen-bond acceptors (Lipinski definition) is 3. The summed E-state index contributed by atoms with van der Waals surface area (Å²) in [5, 5.41) is 6.73. The Morgan fingerprint density at radius 3 is 2.44 bits per heavy atom. The number of halogens is 1. The lowest BCUT2D eigenvalue weighted by Crippen LogP contribution is -2.25. The maximum Gasteiger partial charge on any atom is 0.289 e. The van der Waals surface area contributed by atoms with E-state index in [-0.39, 0.29) is 17.5 Å². The Bertz CT molecular complexity index is 813. The quantitative estimate of drug-likeness (QED) is 0.716. The minimum absolute atomic E-state index is 0.210. The van der Waals surface area contributed by atoms with Crippen LogP contribution in [-0.2, 0) is 19.3 Å². The third kappa shape index (κ3) is 5.01. The van der Waals surface area contributed by atoms with E-state index in [1.165, 1.54) is 17.7 Å². The summed E-state index contributed by atoms with van der Waals surface area (Å²) in [6.07, 6.45) is 2.19. The van der Waals surface area contributed by atoms with Gasteiger partial charge in [-0.3, -0.25) is 4.79 Å². The average molecular weight is 338 g/mol. The van der Waals surface area contributed by atoms with Crippen molar-refractivity contribution in [2.75, 3.05) is 6.54 Å². The van der Waals surface area contributed by atoms with Gasteiger partial charge in [0.1, 0.15) is 5.82 Å². The number of nitrogens with one attached hydrogen (secondary N) is 1. The standard InChI is InChI=1S/C20H19FN2O2/c21-17-9-6-16(7-10-17)12-13-22-20(24)19-14-18(23-25-19)11-8-15-4-2-1-3-5-15/h1-7,9-10,14H,8,11-13H2,(H,22,24). The molecule has 0 atom stereocenters. The van der Waals surface area contributed by atoms with Crippen molar-refractivity contribution in [1.82, 2.24) is 10.5 Å². The molecule has 0 spiro atoms. The SMILES string of the molecule is O=C(NCCc1ccc(F)cc1)c1cc(CCc2ccccc2)no1.